The predicted molar refractivity (Wildman–Crippen MR) is 83.5 cm³/mol. The van der Waals surface area contributed by atoms with Gasteiger partial charge in [0.2, 0.25) is 5.82 Å². The summed E-state index contributed by atoms with van der Waals surface area (Å²) in [5.74, 6) is 1.05. The van der Waals surface area contributed by atoms with Gasteiger partial charge in [0.1, 0.15) is 5.75 Å². The summed E-state index contributed by atoms with van der Waals surface area (Å²) in [5.41, 5.74) is 0.924. The smallest absolute Gasteiger partial charge is 0.312 e. The molecule has 2 aromatic rings. The lowest BCUT2D eigenvalue weighted by molar-refractivity contribution is -0.384. The number of nitrogens with one attached hydrogen (secondary N) is 1. The first-order valence-corrected chi connectivity index (χ1v) is 7.15. The fourth-order valence-electron chi connectivity index (χ4n) is 1.76. The number of halogens is 1. The lowest BCUT2D eigenvalue weighted by Gasteiger charge is -2.08. The van der Waals surface area contributed by atoms with Crippen LogP contribution in [0.2, 0.25) is 0 Å². The fourth-order valence-corrected chi connectivity index (χ4v) is 2.08. The molecule has 1 aromatic heterocycles. The number of ether oxygens (including phenoxy) is 1. The third-order valence-corrected chi connectivity index (χ3v) is 3.16. The maximum Gasteiger partial charge on any atom is 0.312 e. The summed E-state index contributed by atoms with van der Waals surface area (Å²) in [4.78, 5) is 14.6. The minimum atomic E-state index is -0.460. The predicted octanol–water partition coefficient (Wildman–Crippen LogP) is 3.76. The van der Waals surface area contributed by atoms with Crippen molar-refractivity contribution in [3.8, 4) is 5.75 Å². The first-order valence-electron chi connectivity index (χ1n) is 6.35. The first kappa shape index (κ1) is 15.2. The van der Waals surface area contributed by atoms with E-state index in [1.54, 1.807) is 0 Å². The summed E-state index contributed by atoms with van der Waals surface area (Å²) in [6, 6.07) is 8.97. The standard InChI is InChI=1S/C14H14BrN3O3/c1-2-21-12-5-3-10(4-6-12)8-16-14-13(18(19)20)7-11(15)9-17-14/h3-7,9H,2,8H2,1H3,(H,16,17). The minimum Gasteiger partial charge on any atom is -0.494 e. The number of pyridine rings is 1. The zero-order valence-electron chi connectivity index (χ0n) is 11.4. The van der Waals surface area contributed by atoms with E-state index in [2.05, 4.69) is 26.2 Å². The first-order chi connectivity index (χ1) is 10.1. The summed E-state index contributed by atoms with van der Waals surface area (Å²) >= 11 is 3.17. The van der Waals surface area contributed by atoms with Crippen molar-refractivity contribution >= 4 is 27.4 Å². The van der Waals surface area contributed by atoms with Crippen LogP contribution >= 0.6 is 15.9 Å². The Morgan fingerprint density at radius 2 is 2.10 bits per heavy atom. The van der Waals surface area contributed by atoms with Crippen LogP contribution in [0.25, 0.3) is 0 Å². The molecule has 0 bridgehead atoms. The molecular weight excluding hydrogens is 338 g/mol. The highest BCUT2D eigenvalue weighted by Gasteiger charge is 2.15. The molecule has 7 heteroatoms. The van der Waals surface area contributed by atoms with Crippen molar-refractivity contribution < 1.29 is 9.66 Å². The highest BCUT2D eigenvalue weighted by atomic mass is 79.9. The van der Waals surface area contributed by atoms with E-state index in [0.717, 1.165) is 11.3 Å². The van der Waals surface area contributed by atoms with Gasteiger partial charge >= 0.3 is 5.69 Å². The molecule has 0 atom stereocenters. The summed E-state index contributed by atoms with van der Waals surface area (Å²) < 4.78 is 5.93. The van der Waals surface area contributed by atoms with Crippen molar-refractivity contribution in [1.82, 2.24) is 4.98 Å². The summed E-state index contributed by atoms with van der Waals surface area (Å²) in [5, 5.41) is 14.0. The molecule has 0 fully saturated rings. The van der Waals surface area contributed by atoms with Crippen molar-refractivity contribution in [1.29, 1.82) is 0 Å². The largest absolute Gasteiger partial charge is 0.494 e. The molecule has 0 amide bonds. The Labute approximate surface area is 130 Å². The van der Waals surface area contributed by atoms with Crippen LogP contribution in [0, 0.1) is 10.1 Å². The van der Waals surface area contributed by atoms with Crippen LogP contribution in [-0.2, 0) is 6.54 Å². The normalized spacial score (nSPS) is 10.2. The van der Waals surface area contributed by atoms with Gasteiger partial charge in [-0.1, -0.05) is 12.1 Å². The zero-order valence-corrected chi connectivity index (χ0v) is 13.0. The van der Waals surface area contributed by atoms with Crippen LogP contribution in [0.4, 0.5) is 11.5 Å². The molecule has 0 aliphatic rings. The molecule has 21 heavy (non-hydrogen) atoms. The van der Waals surface area contributed by atoms with Gasteiger partial charge in [0, 0.05) is 23.3 Å². The van der Waals surface area contributed by atoms with Gasteiger partial charge in [0.05, 0.1) is 11.5 Å². The highest BCUT2D eigenvalue weighted by Crippen LogP contribution is 2.25. The van der Waals surface area contributed by atoms with Crippen molar-refractivity contribution in [3.63, 3.8) is 0 Å². The third-order valence-electron chi connectivity index (χ3n) is 2.73. The molecule has 0 radical (unpaired) electrons. The van der Waals surface area contributed by atoms with E-state index in [1.807, 2.05) is 31.2 Å². The molecule has 6 nitrogen and oxygen atoms in total. The van der Waals surface area contributed by atoms with Crippen molar-refractivity contribution in [3.05, 3.63) is 56.7 Å². The van der Waals surface area contributed by atoms with E-state index in [0.29, 0.717) is 17.6 Å². The van der Waals surface area contributed by atoms with Gasteiger partial charge in [-0.25, -0.2) is 4.98 Å². The number of anilines is 1. The molecule has 0 aliphatic heterocycles. The molecule has 1 heterocycles. The summed E-state index contributed by atoms with van der Waals surface area (Å²) in [6.45, 7) is 2.99. The van der Waals surface area contributed by atoms with Gasteiger partial charge in [-0.3, -0.25) is 10.1 Å². The van der Waals surface area contributed by atoms with Gasteiger partial charge in [-0.2, -0.15) is 0 Å². The quantitative estimate of drug-likeness (QED) is 0.633. The summed E-state index contributed by atoms with van der Waals surface area (Å²) in [7, 11) is 0. The lowest BCUT2D eigenvalue weighted by Crippen LogP contribution is -2.04. The van der Waals surface area contributed by atoms with E-state index in [1.165, 1.54) is 12.3 Å². The summed E-state index contributed by atoms with van der Waals surface area (Å²) in [6.07, 6.45) is 1.52. The van der Waals surface area contributed by atoms with Gasteiger partial charge in [-0.05, 0) is 40.5 Å². The zero-order chi connectivity index (χ0) is 15.2. The Morgan fingerprint density at radius 3 is 2.71 bits per heavy atom. The Bertz CT molecular complexity index is 632. The highest BCUT2D eigenvalue weighted by molar-refractivity contribution is 9.10. The van der Waals surface area contributed by atoms with Crippen LogP contribution in [0.5, 0.6) is 5.75 Å². The van der Waals surface area contributed by atoms with E-state index in [4.69, 9.17) is 4.74 Å². The maximum absolute atomic E-state index is 11.0. The van der Waals surface area contributed by atoms with Crippen LogP contribution in [-0.4, -0.2) is 16.5 Å². The number of aromatic nitrogens is 1. The van der Waals surface area contributed by atoms with Gasteiger partial charge < -0.3 is 10.1 Å². The van der Waals surface area contributed by atoms with E-state index < -0.39 is 4.92 Å². The Kier molecular flexibility index (Phi) is 5.10. The second kappa shape index (κ2) is 7.03. The van der Waals surface area contributed by atoms with Gasteiger partial charge in [-0.15, -0.1) is 0 Å². The van der Waals surface area contributed by atoms with Crippen molar-refractivity contribution in [2.24, 2.45) is 0 Å². The molecule has 0 spiro atoms. The van der Waals surface area contributed by atoms with Crippen LogP contribution < -0.4 is 10.1 Å². The maximum atomic E-state index is 11.0. The van der Waals surface area contributed by atoms with E-state index >= 15 is 0 Å². The van der Waals surface area contributed by atoms with Gasteiger partial charge in [0.15, 0.2) is 0 Å². The second-order valence-corrected chi connectivity index (χ2v) is 5.12. The molecular formula is C14H14BrN3O3. The fraction of sp³-hybridized carbons (Fsp3) is 0.214. The number of benzene rings is 1. The Morgan fingerprint density at radius 1 is 1.38 bits per heavy atom. The average Bonchev–Trinajstić information content (AvgIpc) is 2.47. The molecule has 0 aliphatic carbocycles. The SMILES string of the molecule is CCOc1ccc(CNc2ncc(Br)cc2[N+](=O)[O-])cc1. The number of rotatable bonds is 6. The molecule has 2 rings (SSSR count). The molecule has 0 unspecified atom stereocenters. The monoisotopic (exact) mass is 351 g/mol. The van der Waals surface area contributed by atoms with Crippen LogP contribution in [0.3, 0.4) is 0 Å². The van der Waals surface area contributed by atoms with E-state index in [9.17, 15) is 10.1 Å². The third kappa shape index (κ3) is 4.16. The Balaban J connectivity index is 2.07. The van der Waals surface area contributed by atoms with Crippen molar-refractivity contribution in [2.75, 3.05) is 11.9 Å². The average molecular weight is 352 g/mol. The molecule has 0 saturated carbocycles. The number of nitro groups is 1. The number of hydrogen-bond donors (Lipinski definition) is 1. The second-order valence-electron chi connectivity index (χ2n) is 4.21. The molecule has 1 aromatic carbocycles. The topological polar surface area (TPSA) is 77.3 Å². The molecule has 110 valence electrons. The molecule has 1 N–H and O–H groups in total. The van der Waals surface area contributed by atoms with Crippen LogP contribution in [0.1, 0.15) is 12.5 Å². The van der Waals surface area contributed by atoms with Crippen molar-refractivity contribution in [2.45, 2.75) is 13.5 Å². The number of nitrogens with zero attached hydrogens (tertiary/aromatic N) is 2. The minimum absolute atomic E-state index is 0.0599. The lowest BCUT2D eigenvalue weighted by atomic mass is 10.2. The van der Waals surface area contributed by atoms with Gasteiger partial charge in [0.25, 0.3) is 0 Å². The Hall–Kier alpha value is -2.15. The van der Waals surface area contributed by atoms with E-state index in [-0.39, 0.29) is 11.5 Å². The van der Waals surface area contributed by atoms with Crippen LogP contribution in [0.15, 0.2) is 41.0 Å². The molecule has 0 saturated heterocycles. The number of hydrogen-bond acceptors (Lipinski definition) is 5.